The molecule has 1 atom stereocenters. The van der Waals surface area contributed by atoms with Gasteiger partial charge in [-0.25, -0.2) is 8.42 Å². The summed E-state index contributed by atoms with van der Waals surface area (Å²) in [5, 5.41) is 3.05. The van der Waals surface area contributed by atoms with Crippen LogP contribution in [0.2, 0.25) is 0 Å². The molecule has 1 N–H and O–H groups in total. The molecule has 0 unspecified atom stereocenters. The van der Waals surface area contributed by atoms with Gasteiger partial charge in [0, 0.05) is 32.2 Å². The van der Waals surface area contributed by atoms with Crippen molar-refractivity contribution < 1.29 is 13.2 Å². The number of benzene rings is 1. The van der Waals surface area contributed by atoms with Crippen LogP contribution in [0.25, 0.3) is 0 Å². The van der Waals surface area contributed by atoms with Gasteiger partial charge in [-0.05, 0) is 32.4 Å². The first-order valence-electron chi connectivity index (χ1n) is 9.91. The van der Waals surface area contributed by atoms with Gasteiger partial charge in [0.2, 0.25) is 15.9 Å². The number of nitrogens with zero attached hydrogens (tertiary/aromatic N) is 2. The summed E-state index contributed by atoms with van der Waals surface area (Å²) in [6, 6.07) is 7.13. The lowest BCUT2D eigenvalue weighted by atomic mass is 10.1. The average Bonchev–Trinajstić information content (AvgIpc) is 2.62. The number of unbranched alkanes of at least 4 members (excludes halogenated alkanes) is 2. The van der Waals surface area contributed by atoms with E-state index in [1.165, 1.54) is 17.1 Å². The number of amides is 1. The first-order valence-corrected chi connectivity index (χ1v) is 11.4. The number of nitrogens with one attached hydrogen (secondary N) is 1. The highest BCUT2D eigenvalue weighted by Crippen LogP contribution is 2.18. The molecule has 0 aliphatic carbocycles. The summed E-state index contributed by atoms with van der Waals surface area (Å²) in [6.45, 7) is 8.44. The Morgan fingerprint density at radius 2 is 1.74 bits per heavy atom. The summed E-state index contributed by atoms with van der Waals surface area (Å²) in [6.07, 6.45) is 4.50. The Hall–Kier alpha value is -1.44. The van der Waals surface area contributed by atoms with Crippen LogP contribution in [0.3, 0.4) is 0 Å². The summed E-state index contributed by atoms with van der Waals surface area (Å²) in [5.41, 5.74) is 1.04. The van der Waals surface area contributed by atoms with E-state index >= 15 is 0 Å². The maximum atomic E-state index is 12.7. The van der Waals surface area contributed by atoms with Gasteiger partial charge in [-0.2, -0.15) is 4.31 Å². The molecule has 1 fully saturated rings. The summed E-state index contributed by atoms with van der Waals surface area (Å²) >= 11 is 0. The Morgan fingerprint density at radius 3 is 2.33 bits per heavy atom. The number of aryl methyl sites for hydroxylation is 1. The molecule has 7 heteroatoms. The van der Waals surface area contributed by atoms with E-state index in [0.29, 0.717) is 37.6 Å². The average molecular weight is 396 g/mol. The number of hydrogen-bond acceptors (Lipinski definition) is 4. The van der Waals surface area contributed by atoms with Crippen LogP contribution >= 0.6 is 0 Å². The number of carbonyl (C=O) groups excluding carboxylic acids is 1. The number of piperazine rings is 1. The third-order valence-electron chi connectivity index (χ3n) is 5.01. The highest BCUT2D eigenvalue weighted by molar-refractivity contribution is 7.89. The quantitative estimate of drug-likeness (QED) is 0.652. The van der Waals surface area contributed by atoms with Crippen molar-refractivity contribution in [2.75, 3.05) is 32.7 Å². The third-order valence-corrected chi connectivity index (χ3v) is 6.92. The first kappa shape index (κ1) is 21.9. The Bertz CT molecular complexity index is 696. The van der Waals surface area contributed by atoms with Crippen LogP contribution in [-0.4, -0.2) is 62.3 Å². The van der Waals surface area contributed by atoms with Crippen molar-refractivity contribution >= 4 is 15.9 Å². The van der Waals surface area contributed by atoms with Crippen LogP contribution in [0, 0.1) is 6.92 Å². The SMILES string of the molecule is CCCCC[C@@H](C)NC(=O)CN1CCN(S(=O)(=O)c2ccc(C)cc2)CC1. The van der Waals surface area contributed by atoms with Gasteiger partial charge in [-0.15, -0.1) is 0 Å². The normalized spacial score (nSPS) is 17.6. The van der Waals surface area contributed by atoms with Crippen molar-refractivity contribution in [1.29, 1.82) is 0 Å². The molecule has 1 aromatic carbocycles. The van der Waals surface area contributed by atoms with Crippen molar-refractivity contribution in [3.63, 3.8) is 0 Å². The van der Waals surface area contributed by atoms with Crippen molar-refractivity contribution in [2.45, 2.75) is 57.4 Å². The molecular formula is C20H33N3O3S. The topological polar surface area (TPSA) is 69.7 Å². The molecule has 0 spiro atoms. The van der Waals surface area contributed by atoms with E-state index in [1.807, 2.05) is 30.9 Å². The van der Waals surface area contributed by atoms with Gasteiger partial charge in [0.15, 0.2) is 0 Å². The second kappa shape index (κ2) is 10.2. The zero-order valence-corrected chi connectivity index (χ0v) is 17.6. The summed E-state index contributed by atoms with van der Waals surface area (Å²) in [4.78, 5) is 14.6. The molecule has 1 heterocycles. The van der Waals surface area contributed by atoms with E-state index in [4.69, 9.17) is 0 Å². The molecule has 1 aliphatic rings. The van der Waals surface area contributed by atoms with Crippen LogP contribution in [-0.2, 0) is 14.8 Å². The van der Waals surface area contributed by atoms with Crippen LogP contribution < -0.4 is 5.32 Å². The van der Waals surface area contributed by atoms with Crippen molar-refractivity contribution in [3.8, 4) is 0 Å². The maximum absolute atomic E-state index is 12.7. The zero-order valence-electron chi connectivity index (χ0n) is 16.8. The molecule has 2 rings (SSSR count). The van der Waals surface area contributed by atoms with Gasteiger partial charge in [-0.1, -0.05) is 43.9 Å². The zero-order chi connectivity index (χ0) is 19.9. The van der Waals surface area contributed by atoms with Crippen LogP contribution in [0.1, 0.15) is 45.1 Å². The highest BCUT2D eigenvalue weighted by Gasteiger charge is 2.29. The monoisotopic (exact) mass is 395 g/mol. The second-order valence-electron chi connectivity index (χ2n) is 7.46. The Balaban J connectivity index is 1.79. The van der Waals surface area contributed by atoms with E-state index in [2.05, 4.69) is 12.2 Å². The van der Waals surface area contributed by atoms with Gasteiger partial charge >= 0.3 is 0 Å². The number of hydrogen-bond donors (Lipinski definition) is 1. The molecule has 1 aromatic rings. The largest absolute Gasteiger partial charge is 0.353 e. The van der Waals surface area contributed by atoms with Crippen molar-refractivity contribution in [2.24, 2.45) is 0 Å². The molecule has 27 heavy (non-hydrogen) atoms. The van der Waals surface area contributed by atoms with Crippen molar-refractivity contribution in [1.82, 2.24) is 14.5 Å². The lowest BCUT2D eigenvalue weighted by molar-refractivity contribution is -0.123. The summed E-state index contributed by atoms with van der Waals surface area (Å²) in [7, 11) is -3.46. The minimum Gasteiger partial charge on any atom is -0.353 e. The fraction of sp³-hybridized carbons (Fsp3) is 0.650. The lowest BCUT2D eigenvalue weighted by Crippen LogP contribution is -2.51. The molecule has 0 radical (unpaired) electrons. The Morgan fingerprint density at radius 1 is 1.11 bits per heavy atom. The van der Waals surface area contributed by atoms with Crippen LogP contribution in [0.4, 0.5) is 0 Å². The molecule has 152 valence electrons. The molecule has 0 bridgehead atoms. The predicted molar refractivity (Wildman–Crippen MR) is 108 cm³/mol. The maximum Gasteiger partial charge on any atom is 0.243 e. The molecule has 1 amide bonds. The molecule has 0 saturated carbocycles. The Labute approximate surface area is 164 Å². The van der Waals surface area contributed by atoms with E-state index in [1.54, 1.807) is 12.1 Å². The smallest absolute Gasteiger partial charge is 0.243 e. The van der Waals surface area contributed by atoms with Gasteiger partial charge in [-0.3, -0.25) is 9.69 Å². The van der Waals surface area contributed by atoms with E-state index < -0.39 is 10.0 Å². The molecule has 1 saturated heterocycles. The second-order valence-corrected chi connectivity index (χ2v) is 9.40. The molecule has 0 aromatic heterocycles. The van der Waals surface area contributed by atoms with Gasteiger partial charge in [0.05, 0.1) is 11.4 Å². The highest BCUT2D eigenvalue weighted by atomic mass is 32.2. The summed E-state index contributed by atoms with van der Waals surface area (Å²) < 4.78 is 27.0. The van der Waals surface area contributed by atoms with Crippen LogP contribution in [0.5, 0.6) is 0 Å². The minimum atomic E-state index is -3.46. The standard InChI is InChI=1S/C20H33N3O3S/c1-4-5-6-7-18(3)21-20(24)16-22-12-14-23(15-13-22)27(25,26)19-10-8-17(2)9-11-19/h8-11,18H,4-7,12-16H2,1-3H3,(H,21,24)/t18-/m1/s1. The van der Waals surface area contributed by atoms with E-state index in [9.17, 15) is 13.2 Å². The van der Waals surface area contributed by atoms with Gasteiger partial charge in [0.1, 0.15) is 0 Å². The minimum absolute atomic E-state index is 0.0221. The predicted octanol–water partition coefficient (Wildman–Crippen LogP) is 2.39. The fourth-order valence-electron chi connectivity index (χ4n) is 3.28. The summed E-state index contributed by atoms with van der Waals surface area (Å²) in [5.74, 6) is 0.0221. The lowest BCUT2D eigenvalue weighted by Gasteiger charge is -2.33. The first-order chi connectivity index (χ1) is 12.8. The molecule has 6 nitrogen and oxygen atoms in total. The molecular weight excluding hydrogens is 362 g/mol. The number of carbonyl (C=O) groups is 1. The fourth-order valence-corrected chi connectivity index (χ4v) is 4.71. The Kier molecular flexibility index (Phi) is 8.26. The third kappa shape index (κ3) is 6.59. The van der Waals surface area contributed by atoms with E-state index in [-0.39, 0.29) is 11.9 Å². The van der Waals surface area contributed by atoms with Gasteiger partial charge < -0.3 is 5.32 Å². The van der Waals surface area contributed by atoms with Crippen molar-refractivity contribution in [3.05, 3.63) is 29.8 Å². The van der Waals surface area contributed by atoms with Crippen LogP contribution in [0.15, 0.2) is 29.2 Å². The van der Waals surface area contributed by atoms with E-state index in [0.717, 1.165) is 18.4 Å². The number of sulfonamides is 1. The van der Waals surface area contributed by atoms with Gasteiger partial charge in [0.25, 0.3) is 0 Å². The molecule has 1 aliphatic heterocycles. The number of rotatable bonds is 9.